The van der Waals surface area contributed by atoms with Gasteiger partial charge in [0.15, 0.2) is 5.84 Å². The van der Waals surface area contributed by atoms with Crippen molar-refractivity contribution in [2.45, 2.75) is 42.9 Å². The summed E-state index contributed by atoms with van der Waals surface area (Å²) in [6, 6.07) is 0.391. The van der Waals surface area contributed by atoms with Crippen LogP contribution in [0.1, 0.15) is 32.1 Å². The number of nitrogens with one attached hydrogen (secondary N) is 1. The molecule has 0 radical (unpaired) electrons. The molecule has 108 valence electrons. The molecule has 0 bridgehead atoms. The van der Waals surface area contributed by atoms with Crippen molar-refractivity contribution in [2.24, 2.45) is 10.9 Å². The van der Waals surface area contributed by atoms with Gasteiger partial charge in [-0.3, -0.25) is 0 Å². The Morgan fingerprint density at radius 1 is 1.47 bits per heavy atom. The molecule has 1 aliphatic heterocycles. The van der Waals surface area contributed by atoms with E-state index in [1.165, 1.54) is 6.42 Å². The number of piperidine rings is 1. The third kappa shape index (κ3) is 2.91. The molecule has 0 atom stereocenters. The number of thioether (sulfide) groups is 1. The number of nitrogens with zero attached hydrogens (tertiary/aromatic N) is 2. The first-order chi connectivity index (χ1) is 9.11. The van der Waals surface area contributed by atoms with E-state index in [9.17, 15) is 4.79 Å². The minimum Gasteiger partial charge on any atom is -0.409 e. The van der Waals surface area contributed by atoms with Gasteiger partial charge in [0.25, 0.3) is 0 Å². The molecule has 0 unspecified atom stereocenters. The van der Waals surface area contributed by atoms with Crippen molar-refractivity contribution in [3.05, 3.63) is 0 Å². The number of amidine groups is 1. The van der Waals surface area contributed by atoms with Crippen LogP contribution in [0.4, 0.5) is 4.79 Å². The zero-order chi connectivity index (χ0) is 13.9. The van der Waals surface area contributed by atoms with Crippen LogP contribution in [0.5, 0.6) is 0 Å². The number of rotatable bonds is 3. The lowest BCUT2D eigenvalue weighted by Crippen LogP contribution is -2.55. The second-order valence-corrected chi connectivity index (χ2v) is 6.44. The van der Waals surface area contributed by atoms with Crippen LogP contribution in [-0.2, 0) is 0 Å². The van der Waals surface area contributed by atoms with Crippen LogP contribution in [0.25, 0.3) is 0 Å². The molecule has 1 saturated heterocycles. The number of nitrogens with two attached hydrogens (primary N) is 1. The third-order valence-electron chi connectivity index (χ3n) is 4.26. The summed E-state index contributed by atoms with van der Waals surface area (Å²) in [5.74, 6) is 0.263. The first kappa shape index (κ1) is 14.3. The highest BCUT2D eigenvalue weighted by Crippen LogP contribution is 2.34. The first-order valence-corrected chi connectivity index (χ1v) is 7.92. The van der Waals surface area contributed by atoms with Gasteiger partial charge in [-0.2, -0.15) is 11.8 Å². The van der Waals surface area contributed by atoms with Gasteiger partial charge in [-0.1, -0.05) is 5.16 Å². The number of likely N-dealkylation sites (tertiary alicyclic amines) is 1. The predicted octanol–water partition coefficient (Wildman–Crippen LogP) is 1.19. The molecule has 1 heterocycles. The highest BCUT2D eigenvalue weighted by molar-refractivity contribution is 8.00. The van der Waals surface area contributed by atoms with E-state index in [0.717, 1.165) is 25.7 Å². The van der Waals surface area contributed by atoms with Gasteiger partial charge in [-0.05, 0) is 38.4 Å². The molecule has 4 N–H and O–H groups in total. The van der Waals surface area contributed by atoms with Gasteiger partial charge in [0, 0.05) is 19.1 Å². The van der Waals surface area contributed by atoms with Gasteiger partial charge in [0.1, 0.15) is 0 Å². The Labute approximate surface area is 117 Å². The molecule has 2 rings (SSSR count). The van der Waals surface area contributed by atoms with Gasteiger partial charge < -0.3 is 21.2 Å². The van der Waals surface area contributed by atoms with Crippen molar-refractivity contribution in [1.82, 2.24) is 10.2 Å². The van der Waals surface area contributed by atoms with Crippen LogP contribution in [0.15, 0.2) is 5.16 Å². The van der Waals surface area contributed by atoms with E-state index in [2.05, 4.69) is 10.5 Å². The summed E-state index contributed by atoms with van der Waals surface area (Å²) in [6.07, 6.45) is 6.81. The summed E-state index contributed by atoms with van der Waals surface area (Å²) in [5, 5.41) is 15.1. The maximum Gasteiger partial charge on any atom is 0.317 e. The van der Waals surface area contributed by atoms with Crippen molar-refractivity contribution in [2.75, 3.05) is 19.3 Å². The molecule has 19 heavy (non-hydrogen) atoms. The fourth-order valence-corrected chi connectivity index (χ4v) is 3.39. The average molecular weight is 286 g/mol. The second kappa shape index (κ2) is 5.90. The number of urea groups is 1. The van der Waals surface area contributed by atoms with Crippen LogP contribution in [0, 0.1) is 0 Å². The van der Waals surface area contributed by atoms with Crippen LogP contribution < -0.4 is 11.1 Å². The Morgan fingerprint density at radius 2 is 2.11 bits per heavy atom. The molecule has 2 amide bonds. The molecular weight excluding hydrogens is 264 g/mol. The van der Waals surface area contributed by atoms with Crippen molar-refractivity contribution >= 4 is 23.6 Å². The van der Waals surface area contributed by atoms with E-state index in [4.69, 9.17) is 10.9 Å². The topological polar surface area (TPSA) is 91.0 Å². The molecular formula is C12H22N4O2S. The Bertz CT molecular complexity index is 363. The molecule has 1 aliphatic carbocycles. The number of hydrogen-bond donors (Lipinski definition) is 3. The minimum atomic E-state index is -0.331. The summed E-state index contributed by atoms with van der Waals surface area (Å²) in [6.45, 7) is 1.30. The van der Waals surface area contributed by atoms with Crippen LogP contribution in [0.2, 0.25) is 0 Å². The lowest BCUT2D eigenvalue weighted by molar-refractivity contribution is 0.173. The van der Waals surface area contributed by atoms with Crippen molar-refractivity contribution in [3.63, 3.8) is 0 Å². The highest BCUT2D eigenvalue weighted by Gasteiger charge is 2.39. The van der Waals surface area contributed by atoms with Crippen LogP contribution >= 0.6 is 11.8 Å². The maximum absolute atomic E-state index is 12.0. The molecule has 1 saturated carbocycles. The number of hydrogen-bond acceptors (Lipinski definition) is 4. The lowest BCUT2D eigenvalue weighted by Gasteiger charge is -2.40. The summed E-state index contributed by atoms with van der Waals surface area (Å²) in [7, 11) is 0. The summed E-state index contributed by atoms with van der Waals surface area (Å²) < 4.78 is -0.331. The van der Waals surface area contributed by atoms with Gasteiger partial charge >= 0.3 is 6.03 Å². The monoisotopic (exact) mass is 286 g/mol. The molecule has 2 fully saturated rings. The van der Waals surface area contributed by atoms with E-state index in [0.29, 0.717) is 19.1 Å². The normalized spacial score (nSPS) is 23.8. The van der Waals surface area contributed by atoms with Crippen molar-refractivity contribution in [3.8, 4) is 0 Å². The standard InChI is InChI=1S/C12H22N4O2S/c1-19-12(10(13)15-18)5-7-16(8-6-12)11(17)14-9-3-2-4-9/h9,18H,2-8H2,1H3,(H2,13,15)(H,14,17). The molecule has 0 aromatic rings. The second-order valence-electron chi connectivity index (χ2n) is 5.25. The molecule has 0 aromatic heterocycles. The Morgan fingerprint density at radius 3 is 2.53 bits per heavy atom. The molecule has 0 aromatic carbocycles. The van der Waals surface area contributed by atoms with E-state index in [1.807, 2.05) is 11.2 Å². The Balaban J connectivity index is 1.88. The number of amides is 2. The van der Waals surface area contributed by atoms with Gasteiger partial charge in [-0.15, -0.1) is 0 Å². The summed E-state index contributed by atoms with van der Waals surface area (Å²) in [5.41, 5.74) is 5.79. The number of carbonyl (C=O) groups is 1. The zero-order valence-electron chi connectivity index (χ0n) is 11.3. The average Bonchev–Trinajstić information content (AvgIpc) is 2.41. The number of carbonyl (C=O) groups excluding carboxylic acids is 1. The molecule has 7 heteroatoms. The highest BCUT2D eigenvalue weighted by atomic mass is 32.2. The molecule has 2 aliphatic rings. The fraction of sp³-hybridized carbons (Fsp3) is 0.833. The quantitative estimate of drug-likeness (QED) is 0.314. The SMILES string of the molecule is CSC1(C(N)=NO)CCN(C(=O)NC2CCC2)CC1. The third-order valence-corrected chi connectivity index (χ3v) is 5.66. The predicted molar refractivity (Wildman–Crippen MR) is 76.6 cm³/mol. The number of oxime groups is 1. The Kier molecular flexibility index (Phi) is 4.44. The summed E-state index contributed by atoms with van der Waals surface area (Å²) >= 11 is 1.60. The minimum absolute atomic E-state index is 0.0268. The maximum atomic E-state index is 12.0. The van der Waals surface area contributed by atoms with Crippen LogP contribution in [-0.4, -0.2) is 52.1 Å². The van der Waals surface area contributed by atoms with E-state index in [-0.39, 0.29) is 16.6 Å². The van der Waals surface area contributed by atoms with E-state index >= 15 is 0 Å². The fourth-order valence-electron chi connectivity index (χ4n) is 2.55. The molecule has 6 nitrogen and oxygen atoms in total. The smallest absolute Gasteiger partial charge is 0.317 e. The van der Waals surface area contributed by atoms with E-state index < -0.39 is 0 Å². The lowest BCUT2D eigenvalue weighted by atomic mass is 9.93. The zero-order valence-corrected chi connectivity index (χ0v) is 12.1. The van der Waals surface area contributed by atoms with Crippen LogP contribution in [0.3, 0.4) is 0 Å². The van der Waals surface area contributed by atoms with Gasteiger partial charge in [0.05, 0.1) is 4.75 Å². The van der Waals surface area contributed by atoms with Crippen molar-refractivity contribution < 1.29 is 10.0 Å². The Hall–Kier alpha value is -1.11. The van der Waals surface area contributed by atoms with Crippen molar-refractivity contribution in [1.29, 1.82) is 0 Å². The summed E-state index contributed by atoms with van der Waals surface area (Å²) in [4.78, 5) is 13.9. The van der Waals surface area contributed by atoms with E-state index in [1.54, 1.807) is 11.8 Å². The van der Waals surface area contributed by atoms with Gasteiger partial charge in [0.2, 0.25) is 0 Å². The first-order valence-electron chi connectivity index (χ1n) is 6.70. The van der Waals surface area contributed by atoms with Gasteiger partial charge in [-0.25, -0.2) is 4.79 Å². The largest absolute Gasteiger partial charge is 0.409 e. The molecule has 0 spiro atoms.